The van der Waals surface area contributed by atoms with Crippen molar-refractivity contribution in [1.29, 1.82) is 0 Å². The lowest BCUT2D eigenvalue weighted by atomic mass is 10.2. The lowest BCUT2D eigenvalue weighted by Crippen LogP contribution is -2.22. The number of nitrogens with one attached hydrogen (secondary N) is 1. The minimum Gasteiger partial charge on any atom is -0.484 e. The van der Waals surface area contributed by atoms with Gasteiger partial charge >= 0.3 is 5.69 Å². The number of sulfonamides is 1. The summed E-state index contributed by atoms with van der Waals surface area (Å²) in [5, 5.41) is 18.6. The summed E-state index contributed by atoms with van der Waals surface area (Å²) in [5.41, 5.74) is 0.380. The minimum absolute atomic E-state index is 0.109. The number of anilines is 1. The van der Waals surface area contributed by atoms with Gasteiger partial charge in [-0.3, -0.25) is 10.1 Å². The molecular formula is C11H17N3O5S. The second-order valence-electron chi connectivity index (χ2n) is 4.40. The van der Waals surface area contributed by atoms with Crippen LogP contribution in [0.15, 0.2) is 18.2 Å². The number of hydrogen-bond acceptors (Lipinski definition) is 6. The first-order valence-electron chi connectivity index (χ1n) is 5.88. The molecule has 0 bridgehead atoms. The van der Waals surface area contributed by atoms with Gasteiger partial charge < -0.3 is 10.1 Å². The van der Waals surface area contributed by atoms with Gasteiger partial charge in [0, 0.05) is 24.4 Å². The SMILES string of the molecule is CC(C)Oc1cc(NCCS(N)(=O)=O)ccc1[N+](=O)[O-]. The molecule has 0 atom stereocenters. The number of benzene rings is 1. The van der Waals surface area contributed by atoms with Crippen LogP contribution in [0.25, 0.3) is 0 Å². The third kappa shape index (κ3) is 5.41. The second kappa shape index (κ2) is 6.53. The molecule has 0 aliphatic carbocycles. The van der Waals surface area contributed by atoms with E-state index in [2.05, 4.69) is 5.32 Å². The van der Waals surface area contributed by atoms with Crippen molar-refractivity contribution in [3.8, 4) is 5.75 Å². The molecule has 0 heterocycles. The van der Waals surface area contributed by atoms with Gasteiger partial charge in [-0.05, 0) is 19.9 Å². The fourth-order valence-corrected chi connectivity index (χ4v) is 1.85. The molecule has 112 valence electrons. The van der Waals surface area contributed by atoms with Crippen LogP contribution in [0, 0.1) is 10.1 Å². The molecule has 0 saturated heterocycles. The quantitative estimate of drug-likeness (QED) is 0.573. The van der Waals surface area contributed by atoms with Crippen LogP contribution >= 0.6 is 0 Å². The van der Waals surface area contributed by atoms with Crippen molar-refractivity contribution in [3.05, 3.63) is 28.3 Å². The van der Waals surface area contributed by atoms with Crippen LogP contribution in [-0.2, 0) is 10.0 Å². The van der Waals surface area contributed by atoms with Crippen LogP contribution in [0.5, 0.6) is 5.75 Å². The maximum atomic E-state index is 10.9. The van der Waals surface area contributed by atoms with Crippen LogP contribution in [-0.4, -0.2) is 31.7 Å². The van der Waals surface area contributed by atoms with E-state index in [-0.39, 0.29) is 29.8 Å². The van der Waals surface area contributed by atoms with E-state index < -0.39 is 14.9 Å². The Labute approximate surface area is 117 Å². The molecule has 3 N–H and O–H groups in total. The Morgan fingerprint density at radius 1 is 1.45 bits per heavy atom. The normalized spacial score (nSPS) is 11.4. The van der Waals surface area contributed by atoms with Gasteiger partial charge in [-0.1, -0.05) is 0 Å². The molecule has 0 aromatic heterocycles. The number of nitro groups is 1. The van der Waals surface area contributed by atoms with E-state index in [1.165, 1.54) is 18.2 Å². The van der Waals surface area contributed by atoms with Crippen LogP contribution in [0.2, 0.25) is 0 Å². The average Bonchev–Trinajstić information content (AvgIpc) is 2.26. The summed E-state index contributed by atoms with van der Waals surface area (Å²) >= 11 is 0. The van der Waals surface area contributed by atoms with Gasteiger partial charge in [-0.25, -0.2) is 13.6 Å². The second-order valence-corrected chi connectivity index (χ2v) is 6.13. The zero-order chi connectivity index (χ0) is 15.3. The van der Waals surface area contributed by atoms with E-state index in [9.17, 15) is 18.5 Å². The average molecular weight is 303 g/mol. The Hall–Kier alpha value is -1.87. The first-order chi connectivity index (χ1) is 9.19. The Balaban J connectivity index is 2.86. The zero-order valence-electron chi connectivity index (χ0n) is 11.2. The monoisotopic (exact) mass is 303 g/mol. The predicted molar refractivity (Wildman–Crippen MR) is 75.3 cm³/mol. The Kier molecular flexibility index (Phi) is 5.28. The highest BCUT2D eigenvalue weighted by Crippen LogP contribution is 2.30. The fraction of sp³-hybridized carbons (Fsp3) is 0.455. The highest BCUT2D eigenvalue weighted by atomic mass is 32.2. The number of hydrogen-bond donors (Lipinski definition) is 2. The van der Waals surface area contributed by atoms with E-state index in [4.69, 9.17) is 9.88 Å². The van der Waals surface area contributed by atoms with Gasteiger partial charge in [-0.2, -0.15) is 0 Å². The molecule has 0 unspecified atom stereocenters. The maximum absolute atomic E-state index is 10.9. The third-order valence-corrected chi connectivity index (χ3v) is 3.01. The minimum atomic E-state index is -3.55. The zero-order valence-corrected chi connectivity index (χ0v) is 12.0. The number of ether oxygens (including phenoxy) is 1. The van der Waals surface area contributed by atoms with Gasteiger partial charge in [0.25, 0.3) is 0 Å². The van der Waals surface area contributed by atoms with Gasteiger partial charge in [0.2, 0.25) is 10.0 Å². The Bertz CT molecular complexity index is 586. The summed E-state index contributed by atoms with van der Waals surface area (Å²) in [4.78, 5) is 10.3. The molecule has 1 aromatic rings. The number of nitrogens with zero attached hydrogens (tertiary/aromatic N) is 1. The molecule has 0 amide bonds. The van der Waals surface area contributed by atoms with E-state index in [0.717, 1.165) is 0 Å². The van der Waals surface area contributed by atoms with Crippen molar-refractivity contribution in [2.24, 2.45) is 5.14 Å². The molecular weight excluding hydrogens is 286 g/mol. The molecule has 0 fully saturated rings. The van der Waals surface area contributed by atoms with Crippen molar-refractivity contribution in [1.82, 2.24) is 0 Å². The molecule has 9 heteroatoms. The number of primary sulfonamides is 1. The molecule has 0 spiro atoms. The summed E-state index contributed by atoms with van der Waals surface area (Å²) in [7, 11) is -3.55. The molecule has 20 heavy (non-hydrogen) atoms. The third-order valence-electron chi connectivity index (χ3n) is 2.23. The number of rotatable bonds is 7. The molecule has 1 rings (SSSR count). The molecule has 1 aromatic carbocycles. The fourth-order valence-electron chi connectivity index (χ4n) is 1.46. The number of nitrogens with two attached hydrogens (primary N) is 1. The highest BCUT2D eigenvalue weighted by molar-refractivity contribution is 7.89. The Morgan fingerprint density at radius 3 is 2.60 bits per heavy atom. The molecule has 8 nitrogen and oxygen atoms in total. The summed E-state index contributed by atoms with van der Waals surface area (Å²) < 4.78 is 27.0. The standard InChI is InChI=1S/C11H17N3O5S/c1-8(2)19-11-7-9(3-4-10(11)14(15)16)13-5-6-20(12,17)18/h3-4,7-8,13H,5-6H2,1-2H3,(H2,12,17,18). The van der Waals surface area contributed by atoms with Crippen molar-refractivity contribution in [2.45, 2.75) is 20.0 Å². The van der Waals surface area contributed by atoms with Crippen LogP contribution in [0.4, 0.5) is 11.4 Å². The van der Waals surface area contributed by atoms with Gasteiger partial charge in [0.05, 0.1) is 16.8 Å². The van der Waals surface area contributed by atoms with Gasteiger partial charge in [0.15, 0.2) is 5.75 Å². The van der Waals surface area contributed by atoms with Crippen LogP contribution in [0.3, 0.4) is 0 Å². The summed E-state index contributed by atoms with van der Waals surface area (Å²) in [6.07, 6.45) is -0.214. The molecule has 0 aliphatic rings. The van der Waals surface area contributed by atoms with Crippen molar-refractivity contribution < 1.29 is 18.1 Å². The topological polar surface area (TPSA) is 125 Å². The smallest absolute Gasteiger partial charge is 0.311 e. The molecule has 0 saturated carbocycles. The van der Waals surface area contributed by atoms with Gasteiger partial charge in [-0.15, -0.1) is 0 Å². The summed E-state index contributed by atoms with van der Waals surface area (Å²) in [5.74, 6) is -0.102. The number of nitro benzene ring substituents is 1. The van der Waals surface area contributed by atoms with Crippen molar-refractivity contribution >= 4 is 21.4 Å². The lowest BCUT2D eigenvalue weighted by molar-refractivity contribution is -0.386. The van der Waals surface area contributed by atoms with Crippen LogP contribution in [0.1, 0.15) is 13.8 Å². The predicted octanol–water partition coefficient (Wildman–Crippen LogP) is 1.08. The van der Waals surface area contributed by atoms with Crippen molar-refractivity contribution in [3.63, 3.8) is 0 Å². The largest absolute Gasteiger partial charge is 0.484 e. The first-order valence-corrected chi connectivity index (χ1v) is 7.60. The summed E-state index contributed by atoms with van der Waals surface area (Å²) in [6.45, 7) is 3.62. The Morgan fingerprint density at radius 2 is 2.10 bits per heavy atom. The molecule has 0 radical (unpaired) electrons. The van der Waals surface area contributed by atoms with E-state index >= 15 is 0 Å². The summed E-state index contributed by atoms with van der Waals surface area (Å²) in [6, 6.07) is 4.24. The van der Waals surface area contributed by atoms with E-state index in [0.29, 0.717) is 5.69 Å². The van der Waals surface area contributed by atoms with Gasteiger partial charge in [0.1, 0.15) is 0 Å². The van der Waals surface area contributed by atoms with E-state index in [1.807, 2.05) is 0 Å². The van der Waals surface area contributed by atoms with Crippen molar-refractivity contribution in [2.75, 3.05) is 17.6 Å². The maximum Gasteiger partial charge on any atom is 0.311 e. The lowest BCUT2D eigenvalue weighted by Gasteiger charge is -2.12. The van der Waals surface area contributed by atoms with E-state index in [1.54, 1.807) is 13.8 Å². The van der Waals surface area contributed by atoms with Crippen LogP contribution < -0.4 is 15.2 Å². The first kappa shape index (κ1) is 16.2. The molecule has 0 aliphatic heterocycles. The highest BCUT2D eigenvalue weighted by Gasteiger charge is 2.16.